The van der Waals surface area contributed by atoms with E-state index in [-0.39, 0.29) is 5.91 Å². The van der Waals surface area contributed by atoms with E-state index in [0.29, 0.717) is 12.1 Å². The highest BCUT2D eigenvalue weighted by atomic mass is 32.1. The van der Waals surface area contributed by atoms with Crippen LogP contribution in [0, 0.1) is 0 Å². The van der Waals surface area contributed by atoms with Crippen LogP contribution in [0.3, 0.4) is 0 Å². The van der Waals surface area contributed by atoms with E-state index >= 15 is 0 Å². The lowest BCUT2D eigenvalue weighted by Gasteiger charge is -2.01. The molecule has 19 heavy (non-hydrogen) atoms. The van der Waals surface area contributed by atoms with Gasteiger partial charge in [-0.25, -0.2) is 4.98 Å². The van der Waals surface area contributed by atoms with E-state index in [2.05, 4.69) is 10.3 Å². The van der Waals surface area contributed by atoms with Crippen molar-refractivity contribution in [1.82, 2.24) is 14.9 Å². The minimum absolute atomic E-state index is 0.0630. The van der Waals surface area contributed by atoms with Crippen molar-refractivity contribution >= 4 is 28.1 Å². The molecule has 0 spiro atoms. The Morgan fingerprint density at radius 2 is 2.26 bits per heavy atom. The average Bonchev–Trinajstić information content (AvgIpc) is 3.05. The number of rotatable bonds is 3. The largest absolute Gasteiger partial charge is 0.350 e. The molecule has 0 aliphatic heterocycles. The molecular weight excluding hydrogens is 258 g/mol. The third-order valence-electron chi connectivity index (χ3n) is 3.03. The SMILES string of the molecule is Cn1cc(C(=O)NCc2nccs2)c2ccccc21. The van der Waals surface area contributed by atoms with Crippen molar-refractivity contribution in [3.8, 4) is 0 Å². The molecule has 2 aromatic heterocycles. The molecule has 0 fully saturated rings. The molecule has 1 amide bonds. The first kappa shape index (κ1) is 11.9. The van der Waals surface area contributed by atoms with Gasteiger partial charge in [-0.1, -0.05) is 18.2 Å². The number of hydrogen-bond donors (Lipinski definition) is 1. The van der Waals surface area contributed by atoms with Gasteiger partial charge in [-0.15, -0.1) is 11.3 Å². The lowest BCUT2D eigenvalue weighted by Crippen LogP contribution is -2.22. The van der Waals surface area contributed by atoms with Crippen LogP contribution in [0.25, 0.3) is 10.9 Å². The minimum Gasteiger partial charge on any atom is -0.350 e. The molecule has 0 unspecified atom stereocenters. The second-order valence-electron chi connectivity index (χ2n) is 4.28. The number of amides is 1. The molecule has 0 bridgehead atoms. The van der Waals surface area contributed by atoms with Gasteiger partial charge in [0.05, 0.1) is 12.1 Å². The number of nitrogens with zero attached hydrogens (tertiary/aromatic N) is 2. The van der Waals surface area contributed by atoms with E-state index in [0.717, 1.165) is 15.9 Å². The number of thiazole rings is 1. The highest BCUT2D eigenvalue weighted by Gasteiger charge is 2.13. The van der Waals surface area contributed by atoms with Gasteiger partial charge in [0.15, 0.2) is 0 Å². The Morgan fingerprint density at radius 1 is 1.42 bits per heavy atom. The number of carbonyl (C=O) groups is 1. The van der Waals surface area contributed by atoms with Crippen molar-refractivity contribution < 1.29 is 4.79 Å². The van der Waals surface area contributed by atoms with Crippen LogP contribution in [0.4, 0.5) is 0 Å². The number of carbonyl (C=O) groups excluding carboxylic acids is 1. The van der Waals surface area contributed by atoms with E-state index in [1.165, 1.54) is 11.3 Å². The summed E-state index contributed by atoms with van der Waals surface area (Å²) in [7, 11) is 1.94. The van der Waals surface area contributed by atoms with Gasteiger partial charge in [0.2, 0.25) is 0 Å². The van der Waals surface area contributed by atoms with Gasteiger partial charge in [-0.05, 0) is 6.07 Å². The topological polar surface area (TPSA) is 46.9 Å². The van der Waals surface area contributed by atoms with Crippen molar-refractivity contribution in [3.63, 3.8) is 0 Å². The van der Waals surface area contributed by atoms with Gasteiger partial charge < -0.3 is 9.88 Å². The lowest BCUT2D eigenvalue weighted by molar-refractivity contribution is 0.0952. The van der Waals surface area contributed by atoms with Gasteiger partial charge in [0.1, 0.15) is 5.01 Å². The van der Waals surface area contributed by atoms with Crippen LogP contribution < -0.4 is 5.32 Å². The van der Waals surface area contributed by atoms with Gasteiger partial charge in [0, 0.05) is 35.7 Å². The fourth-order valence-corrected chi connectivity index (χ4v) is 2.67. The molecule has 0 saturated carbocycles. The van der Waals surface area contributed by atoms with Crippen molar-refractivity contribution in [2.45, 2.75) is 6.54 Å². The Labute approximate surface area is 114 Å². The number of aromatic nitrogens is 2. The maximum atomic E-state index is 12.2. The van der Waals surface area contributed by atoms with Crippen LogP contribution in [-0.2, 0) is 13.6 Å². The van der Waals surface area contributed by atoms with E-state index in [4.69, 9.17) is 0 Å². The van der Waals surface area contributed by atoms with Gasteiger partial charge in [-0.3, -0.25) is 4.79 Å². The maximum Gasteiger partial charge on any atom is 0.253 e. The molecule has 0 radical (unpaired) electrons. The Morgan fingerprint density at radius 3 is 3.05 bits per heavy atom. The molecule has 3 aromatic rings. The molecule has 0 aliphatic rings. The number of fused-ring (bicyclic) bond motifs is 1. The van der Waals surface area contributed by atoms with Gasteiger partial charge in [-0.2, -0.15) is 0 Å². The molecule has 96 valence electrons. The summed E-state index contributed by atoms with van der Waals surface area (Å²) in [5.41, 5.74) is 1.76. The summed E-state index contributed by atoms with van der Waals surface area (Å²) >= 11 is 1.54. The van der Waals surface area contributed by atoms with E-state index in [1.807, 2.05) is 47.5 Å². The quantitative estimate of drug-likeness (QED) is 0.796. The maximum absolute atomic E-state index is 12.2. The fourth-order valence-electron chi connectivity index (χ4n) is 2.11. The average molecular weight is 271 g/mol. The van der Waals surface area contributed by atoms with E-state index in [1.54, 1.807) is 6.20 Å². The molecule has 1 N–H and O–H groups in total. The normalized spacial score (nSPS) is 10.8. The fraction of sp³-hybridized carbons (Fsp3) is 0.143. The summed E-state index contributed by atoms with van der Waals surface area (Å²) in [5.74, 6) is -0.0630. The third kappa shape index (κ3) is 2.24. The summed E-state index contributed by atoms with van der Waals surface area (Å²) in [4.78, 5) is 16.4. The first-order valence-electron chi connectivity index (χ1n) is 5.96. The van der Waals surface area contributed by atoms with Gasteiger partial charge >= 0.3 is 0 Å². The predicted molar refractivity (Wildman–Crippen MR) is 76.2 cm³/mol. The predicted octanol–water partition coefficient (Wildman–Crippen LogP) is 2.56. The summed E-state index contributed by atoms with van der Waals surface area (Å²) in [5, 5.41) is 6.69. The zero-order valence-corrected chi connectivity index (χ0v) is 11.3. The Hall–Kier alpha value is -2.14. The highest BCUT2D eigenvalue weighted by Crippen LogP contribution is 2.20. The molecule has 0 atom stereocenters. The first-order valence-corrected chi connectivity index (χ1v) is 6.84. The Bertz CT molecular complexity index is 715. The first-order chi connectivity index (χ1) is 9.25. The smallest absolute Gasteiger partial charge is 0.253 e. The van der Waals surface area contributed by atoms with Crippen molar-refractivity contribution in [2.75, 3.05) is 0 Å². The monoisotopic (exact) mass is 271 g/mol. The summed E-state index contributed by atoms with van der Waals surface area (Å²) in [6.45, 7) is 0.472. The molecule has 0 saturated heterocycles. The van der Waals surface area contributed by atoms with Crippen molar-refractivity contribution in [3.05, 3.63) is 52.6 Å². The van der Waals surface area contributed by atoms with Crippen LogP contribution >= 0.6 is 11.3 Å². The second-order valence-corrected chi connectivity index (χ2v) is 5.26. The van der Waals surface area contributed by atoms with Crippen LogP contribution in [0.1, 0.15) is 15.4 Å². The molecule has 1 aromatic carbocycles. The highest BCUT2D eigenvalue weighted by molar-refractivity contribution is 7.09. The summed E-state index contributed by atoms with van der Waals surface area (Å²) < 4.78 is 1.97. The second kappa shape index (κ2) is 4.85. The molecular formula is C14H13N3OS. The molecule has 2 heterocycles. The van der Waals surface area contributed by atoms with Crippen LogP contribution in [0.5, 0.6) is 0 Å². The van der Waals surface area contributed by atoms with Crippen molar-refractivity contribution in [2.24, 2.45) is 7.05 Å². The zero-order valence-electron chi connectivity index (χ0n) is 10.5. The van der Waals surface area contributed by atoms with Crippen LogP contribution in [-0.4, -0.2) is 15.5 Å². The molecule has 3 rings (SSSR count). The standard InChI is InChI=1S/C14H13N3OS/c1-17-9-11(10-4-2-3-5-12(10)17)14(18)16-8-13-15-6-7-19-13/h2-7,9H,8H2,1H3,(H,16,18). The number of hydrogen-bond acceptors (Lipinski definition) is 3. The van der Waals surface area contributed by atoms with Gasteiger partial charge in [0.25, 0.3) is 5.91 Å². The summed E-state index contributed by atoms with van der Waals surface area (Å²) in [6.07, 6.45) is 3.60. The molecule has 0 aliphatic carbocycles. The number of para-hydroxylation sites is 1. The Balaban J connectivity index is 1.85. The van der Waals surface area contributed by atoms with Crippen LogP contribution in [0.15, 0.2) is 42.0 Å². The number of aryl methyl sites for hydroxylation is 1. The van der Waals surface area contributed by atoms with E-state index in [9.17, 15) is 4.79 Å². The molecule has 4 nitrogen and oxygen atoms in total. The van der Waals surface area contributed by atoms with Crippen molar-refractivity contribution in [1.29, 1.82) is 0 Å². The minimum atomic E-state index is -0.0630. The summed E-state index contributed by atoms with van der Waals surface area (Å²) in [6, 6.07) is 7.89. The lowest BCUT2D eigenvalue weighted by atomic mass is 10.1. The Kier molecular flexibility index (Phi) is 3.05. The molecule has 5 heteroatoms. The van der Waals surface area contributed by atoms with E-state index < -0.39 is 0 Å². The number of benzene rings is 1. The zero-order chi connectivity index (χ0) is 13.2. The number of nitrogens with one attached hydrogen (secondary N) is 1. The third-order valence-corrected chi connectivity index (χ3v) is 3.80. The van der Waals surface area contributed by atoms with Crippen LogP contribution in [0.2, 0.25) is 0 Å².